The summed E-state index contributed by atoms with van der Waals surface area (Å²) in [7, 11) is 0. The molecule has 0 aliphatic rings. The van der Waals surface area contributed by atoms with Gasteiger partial charge in [-0.2, -0.15) is 4.68 Å². The third-order valence-corrected chi connectivity index (χ3v) is 3.96. The highest BCUT2D eigenvalue weighted by atomic mass is 35.5. The van der Waals surface area contributed by atoms with Gasteiger partial charge in [0.15, 0.2) is 5.82 Å². The van der Waals surface area contributed by atoms with Gasteiger partial charge in [0.1, 0.15) is 5.82 Å². The number of tetrazole rings is 1. The van der Waals surface area contributed by atoms with Gasteiger partial charge in [0.25, 0.3) is 0 Å². The lowest BCUT2D eigenvalue weighted by Crippen LogP contribution is -2.04. The Morgan fingerprint density at radius 2 is 1.73 bits per heavy atom. The molecule has 0 atom stereocenters. The Morgan fingerprint density at radius 1 is 1.00 bits per heavy atom. The lowest BCUT2D eigenvalue weighted by Gasteiger charge is -2.09. The topological polar surface area (TPSA) is 95.4 Å². The summed E-state index contributed by atoms with van der Waals surface area (Å²) in [5.74, 6) is 0.175. The Kier molecular flexibility index (Phi) is 4.02. The van der Waals surface area contributed by atoms with Gasteiger partial charge in [0.05, 0.1) is 16.9 Å². The molecule has 0 radical (unpaired) electrons. The van der Waals surface area contributed by atoms with Crippen LogP contribution in [0.4, 0.5) is 10.3 Å². The van der Waals surface area contributed by atoms with Crippen molar-refractivity contribution in [3.05, 3.63) is 65.6 Å². The first-order chi connectivity index (χ1) is 12.6. The lowest BCUT2D eigenvalue weighted by molar-refractivity contribution is 0.628. The Hall–Kier alpha value is -3.39. The van der Waals surface area contributed by atoms with Crippen LogP contribution in [0.25, 0.3) is 28.3 Å². The molecular weight excluding hydrogens is 357 g/mol. The summed E-state index contributed by atoms with van der Waals surface area (Å²) in [6, 6.07) is 13.0. The molecule has 0 saturated carbocycles. The van der Waals surface area contributed by atoms with Gasteiger partial charge >= 0.3 is 0 Å². The van der Waals surface area contributed by atoms with E-state index in [0.29, 0.717) is 27.7 Å². The quantitative estimate of drug-likeness (QED) is 0.597. The second-order valence-electron chi connectivity index (χ2n) is 5.39. The Morgan fingerprint density at radius 3 is 2.46 bits per heavy atom. The maximum Gasteiger partial charge on any atom is 0.220 e. The maximum atomic E-state index is 13.3. The van der Waals surface area contributed by atoms with Gasteiger partial charge in [-0.15, -0.1) is 5.10 Å². The van der Waals surface area contributed by atoms with Gasteiger partial charge in [0.2, 0.25) is 5.95 Å². The molecule has 26 heavy (non-hydrogen) atoms. The number of halogens is 2. The zero-order valence-corrected chi connectivity index (χ0v) is 14.0. The van der Waals surface area contributed by atoms with Crippen molar-refractivity contribution in [2.75, 3.05) is 5.73 Å². The lowest BCUT2D eigenvalue weighted by atomic mass is 10.1. The maximum absolute atomic E-state index is 13.3. The molecule has 4 aromatic rings. The molecule has 4 rings (SSSR count). The molecule has 9 heteroatoms. The predicted molar refractivity (Wildman–Crippen MR) is 95.0 cm³/mol. The van der Waals surface area contributed by atoms with E-state index >= 15 is 0 Å². The molecule has 0 amide bonds. The monoisotopic (exact) mass is 367 g/mol. The minimum Gasteiger partial charge on any atom is -0.368 e. The third kappa shape index (κ3) is 2.98. The summed E-state index contributed by atoms with van der Waals surface area (Å²) in [6.07, 6.45) is 1.54. The van der Waals surface area contributed by atoms with Crippen molar-refractivity contribution in [3.63, 3.8) is 0 Å². The number of nitrogen functional groups attached to an aromatic ring is 1. The number of anilines is 1. The van der Waals surface area contributed by atoms with Crippen LogP contribution < -0.4 is 5.73 Å². The molecule has 2 aromatic carbocycles. The van der Waals surface area contributed by atoms with E-state index in [4.69, 9.17) is 17.3 Å². The van der Waals surface area contributed by atoms with Crippen molar-refractivity contribution in [2.45, 2.75) is 0 Å². The molecule has 0 aliphatic heterocycles. The van der Waals surface area contributed by atoms with E-state index in [1.165, 1.54) is 16.8 Å². The number of nitrogens with zero attached hydrogens (tertiary/aromatic N) is 6. The third-order valence-electron chi connectivity index (χ3n) is 3.71. The number of hydrogen-bond acceptors (Lipinski definition) is 6. The van der Waals surface area contributed by atoms with Crippen molar-refractivity contribution in [1.82, 2.24) is 30.2 Å². The smallest absolute Gasteiger partial charge is 0.220 e. The molecule has 0 saturated heterocycles. The number of nitrogens with two attached hydrogens (primary N) is 1. The van der Waals surface area contributed by atoms with Crippen LogP contribution >= 0.6 is 11.6 Å². The molecule has 0 aliphatic carbocycles. The van der Waals surface area contributed by atoms with Crippen molar-refractivity contribution < 1.29 is 4.39 Å². The molecule has 2 aromatic heterocycles. The van der Waals surface area contributed by atoms with Crippen LogP contribution in [0.15, 0.2) is 54.7 Å². The van der Waals surface area contributed by atoms with Gasteiger partial charge in [-0.1, -0.05) is 11.6 Å². The molecule has 128 valence electrons. The summed E-state index contributed by atoms with van der Waals surface area (Å²) in [4.78, 5) is 8.34. The molecule has 0 spiro atoms. The highest BCUT2D eigenvalue weighted by molar-refractivity contribution is 6.30. The van der Waals surface area contributed by atoms with Gasteiger partial charge < -0.3 is 5.73 Å². The van der Waals surface area contributed by atoms with E-state index in [9.17, 15) is 4.39 Å². The van der Waals surface area contributed by atoms with Crippen molar-refractivity contribution >= 4 is 17.5 Å². The first kappa shape index (κ1) is 16.1. The van der Waals surface area contributed by atoms with Gasteiger partial charge in [0, 0.05) is 16.8 Å². The molecule has 2 N–H and O–H groups in total. The molecule has 0 fully saturated rings. The van der Waals surface area contributed by atoms with Gasteiger partial charge in [-0.05, 0) is 59.0 Å². The number of hydrogen-bond donors (Lipinski definition) is 1. The zero-order valence-electron chi connectivity index (χ0n) is 13.2. The zero-order chi connectivity index (χ0) is 18.1. The summed E-state index contributed by atoms with van der Waals surface area (Å²) < 4.78 is 14.8. The van der Waals surface area contributed by atoms with Gasteiger partial charge in [-0.3, -0.25) is 0 Å². The van der Waals surface area contributed by atoms with Crippen LogP contribution in [0.2, 0.25) is 5.02 Å². The van der Waals surface area contributed by atoms with Crippen LogP contribution in [-0.4, -0.2) is 30.2 Å². The van der Waals surface area contributed by atoms with Crippen LogP contribution in [0.1, 0.15) is 0 Å². The minimum absolute atomic E-state index is 0.0959. The molecule has 2 heterocycles. The normalized spacial score (nSPS) is 10.8. The summed E-state index contributed by atoms with van der Waals surface area (Å²) in [5, 5.41) is 12.5. The number of benzene rings is 2. The fourth-order valence-electron chi connectivity index (χ4n) is 2.50. The average molecular weight is 368 g/mol. The van der Waals surface area contributed by atoms with Crippen molar-refractivity contribution in [2.24, 2.45) is 0 Å². The molecule has 7 nitrogen and oxygen atoms in total. The van der Waals surface area contributed by atoms with Crippen molar-refractivity contribution in [3.8, 4) is 28.3 Å². The van der Waals surface area contributed by atoms with Crippen LogP contribution in [-0.2, 0) is 0 Å². The first-order valence-corrected chi connectivity index (χ1v) is 7.93. The number of rotatable bonds is 3. The van der Waals surface area contributed by atoms with E-state index in [1.54, 1.807) is 42.6 Å². The Balaban J connectivity index is 1.89. The Bertz CT molecular complexity index is 1060. The fraction of sp³-hybridized carbons (Fsp3) is 0. The van der Waals surface area contributed by atoms with Crippen LogP contribution in [0, 0.1) is 5.82 Å². The minimum atomic E-state index is -0.344. The van der Waals surface area contributed by atoms with E-state index in [1.807, 2.05) is 0 Å². The Labute approximate surface area is 152 Å². The van der Waals surface area contributed by atoms with Crippen LogP contribution in [0.5, 0.6) is 0 Å². The number of aromatic nitrogens is 6. The summed E-state index contributed by atoms with van der Waals surface area (Å²) in [6.45, 7) is 0. The van der Waals surface area contributed by atoms with E-state index < -0.39 is 0 Å². The highest BCUT2D eigenvalue weighted by Crippen LogP contribution is 2.30. The fourth-order valence-corrected chi connectivity index (χ4v) is 2.62. The summed E-state index contributed by atoms with van der Waals surface area (Å²) in [5.41, 5.74) is 8.19. The molecular formula is C17H11ClFN7. The second kappa shape index (κ2) is 6.49. The largest absolute Gasteiger partial charge is 0.368 e. The SMILES string of the molecule is Nc1ncc(-c2nnnn2-c2ccc(Cl)cc2)c(-c2ccc(F)cc2)n1. The van der Waals surface area contributed by atoms with Crippen molar-refractivity contribution in [1.29, 1.82) is 0 Å². The van der Waals surface area contributed by atoms with Gasteiger partial charge in [-0.25, -0.2) is 14.4 Å². The highest BCUT2D eigenvalue weighted by Gasteiger charge is 2.18. The van der Waals surface area contributed by atoms with E-state index in [-0.39, 0.29) is 11.8 Å². The standard InChI is InChI=1S/C17H11ClFN7/c18-11-3-7-13(8-4-11)26-16(23-24-25-26)14-9-21-17(20)22-15(14)10-1-5-12(19)6-2-10/h1-9H,(H2,20,21,22). The van der Waals surface area contributed by atoms with E-state index in [2.05, 4.69) is 25.5 Å². The predicted octanol–water partition coefficient (Wildman–Crippen LogP) is 3.16. The van der Waals surface area contributed by atoms with Crippen LogP contribution in [0.3, 0.4) is 0 Å². The second-order valence-corrected chi connectivity index (χ2v) is 5.82. The molecule has 0 bridgehead atoms. The van der Waals surface area contributed by atoms with E-state index in [0.717, 1.165) is 5.69 Å². The summed E-state index contributed by atoms with van der Waals surface area (Å²) >= 11 is 5.94. The average Bonchev–Trinajstić information content (AvgIpc) is 3.12. The molecule has 0 unspecified atom stereocenters. The first-order valence-electron chi connectivity index (χ1n) is 7.55.